The minimum Gasteiger partial charge on any atom is -0.465 e. The van der Waals surface area contributed by atoms with Crippen molar-refractivity contribution in [3.8, 4) is 0 Å². The molecular formula is C13H14ClF2NO3. The number of halogens is 3. The number of carbonyl (C=O) groups is 1. The van der Waals surface area contributed by atoms with Gasteiger partial charge in [-0.1, -0.05) is 11.6 Å². The maximum absolute atomic E-state index is 13.3. The number of carboxylic acid groups (broad SMARTS) is 1. The smallest absolute Gasteiger partial charge is 0.407 e. The largest absolute Gasteiger partial charge is 0.465 e. The summed E-state index contributed by atoms with van der Waals surface area (Å²) in [5.74, 6) is -2.16. The molecule has 4 nitrogen and oxygen atoms in total. The van der Waals surface area contributed by atoms with E-state index in [4.69, 9.17) is 16.7 Å². The van der Waals surface area contributed by atoms with Crippen molar-refractivity contribution in [3.05, 3.63) is 34.4 Å². The van der Waals surface area contributed by atoms with Crippen LogP contribution < -0.4 is 0 Å². The van der Waals surface area contributed by atoms with Crippen molar-refractivity contribution in [2.75, 3.05) is 13.1 Å². The Morgan fingerprint density at radius 1 is 1.35 bits per heavy atom. The summed E-state index contributed by atoms with van der Waals surface area (Å²) in [6.45, 7) is 0.423. The number of piperidine rings is 1. The van der Waals surface area contributed by atoms with Crippen LogP contribution in [0.25, 0.3) is 0 Å². The predicted octanol–water partition coefficient (Wildman–Crippen LogP) is 2.67. The van der Waals surface area contributed by atoms with Crippen LogP contribution in [0, 0.1) is 11.6 Å². The second kappa shape index (κ2) is 5.54. The average Bonchev–Trinajstić information content (AvgIpc) is 2.36. The minimum atomic E-state index is -1.13. The predicted molar refractivity (Wildman–Crippen MR) is 68.9 cm³/mol. The van der Waals surface area contributed by atoms with Crippen molar-refractivity contribution in [1.29, 1.82) is 0 Å². The summed E-state index contributed by atoms with van der Waals surface area (Å²) in [5, 5.41) is 18.9. The molecule has 0 spiro atoms. The zero-order valence-electron chi connectivity index (χ0n) is 10.6. The third kappa shape index (κ3) is 3.19. The van der Waals surface area contributed by atoms with Gasteiger partial charge in [-0.3, -0.25) is 0 Å². The van der Waals surface area contributed by atoms with Crippen molar-refractivity contribution >= 4 is 17.7 Å². The third-order valence-corrected chi connectivity index (χ3v) is 3.82. The lowest BCUT2D eigenvalue weighted by Gasteiger charge is -2.37. The highest BCUT2D eigenvalue weighted by atomic mass is 35.5. The molecule has 7 heteroatoms. The molecule has 0 radical (unpaired) electrons. The van der Waals surface area contributed by atoms with Crippen LogP contribution in [0.4, 0.5) is 13.6 Å². The van der Waals surface area contributed by atoms with Crippen molar-refractivity contribution in [2.24, 2.45) is 0 Å². The van der Waals surface area contributed by atoms with Gasteiger partial charge < -0.3 is 15.1 Å². The van der Waals surface area contributed by atoms with Crippen LogP contribution in [0.2, 0.25) is 5.02 Å². The molecule has 1 aliphatic rings. The first kappa shape index (κ1) is 15.0. The number of hydrogen-bond acceptors (Lipinski definition) is 2. The van der Waals surface area contributed by atoms with Crippen LogP contribution in [0.5, 0.6) is 0 Å². The molecule has 2 N–H and O–H groups in total. The molecule has 0 bridgehead atoms. The zero-order valence-corrected chi connectivity index (χ0v) is 11.3. The lowest BCUT2D eigenvalue weighted by molar-refractivity contribution is -0.0162. The number of hydrogen-bond donors (Lipinski definition) is 2. The Morgan fingerprint density at radius 3 is 2.45 bits per heavy atom. The van der Waals surface area contributed by atoms with Gasteiger partial charge in [0.2, 0.25) is 0 Å². The van der Waals surface area contributed by atoms with Crippen LogP contribution in [0.3, 0.4) is 0 Å². The highest BCUT2D eigenvalue weighted by Gasteiger charge is 2.34. The molecule has 1 aliphatic heterocycles. The van der Waals surface area contributed by atoms with Gasteiger partial charge in [0.1, 0.15) is 0 Å². The van der Waals surface area contributed by atoms with E-state index in [-0.39, 0.29) is 37.4 Å². The van der Waals surface area contributed by atoms with Gasteiger partial charge in [0.15, 0.2) is 11.6 Å². The van der Waals surface area contributed by atoms with Gasteiger partial charge in [-0.2, -0.15) is 0 Å². The lowest BCUT2D eigenvalue weighted by Crippen LogP contribution is -2.47. The molecule has 0 saturated carbocycles. The van der Waals surface area contributed by atoms with E-state index in [1.807, 2.05) is 0 Å². The summed E-state index contributed by atoms with van der Waals surface area (Å²) in [7, 11) is 0. The number of likely N-dealkylation sites (tertiary alicyclic amines) is 1. The van der Waals surface area contributed by atoms with Gasteiger partial charge >= 0.3 is 6.09 Å². The van der Waals surface area contributed by atoms with E-state index in [9.17, 15) is 18.7 Å². The second-order valence-corrected chi connectivity index (χ2v) is 5.45. The first-order valence-corrected chi connectivity index (χ1v) is 6.52. The fraction of sp³-hybridized carbons (Fsp3) is 0.462. The number of aliphatic hydroxyl groups is 1. The molecule has 1 aromatic carbocycles. The molecule has 1 saturated heterocycles. The standard InChI is InChI=1S/C13H14ClF2NO3/c14-9-5-8(6-10(15)11(9)16)7-13(20)1-3-17(4-2-13)12(18)19/h5-6,20H,1-4,7H2,(H,18,19). The molecule has 2 rings (SSSR count). The lowest BCUT2D eigenvalue weighted by atomic mass is 9.85. The summed E-state index contributed by atoms with van der Waals surface area (Å²) in [6, 6.07) is 2.28. The Balaban J connectivity index is 2.08. The van der Waals surface area contributed by atoms with Crippen molar-refractivity contribution in [2.45, 2.75) is 24.9 Å². The summed E-state index contributed by atoms with van der Waals surface area (Å²) in [6.07, 6.45) is -0.425. The van der Waals surface area contributed by atoms with Crippen molar-refractivity contribution < 1.29 is 23.8 Å². The maximum atomic E-state index is 13.3. The van der Waals surface area contributed by atoms with Gasteiger partial charge in [0, 0.05) is 19.5 Å². The molecule has 0 unspecified atom stereocenters. The Kier molecular flexibility index (Phi) is 4.15. The van der Waals surface area contributed by atoms with Gasteiger partial charge in [0.05, 0.1) is 10.6 Å². The minimum absolute atomic E-state index is 0.109. The van der Waals surface area contributed by atoms with Crippen LogP contribution >= 0.6 is 11.6 Å². The average molecular weight is 306 g/mol. The van der Waals surface area contributed by atoms with Crippen LogP contribution in [0.1, 0.15) is 18.4 Å². The maximum Gasteiger partial charge on any atom is 0.407 e. The summed E-state index contributed by atoms with van der Waals surface area (Å²) >= 11 is 5.56. The molecule has 110 valence electrons. The molecular weight excluding hydrogens is 292 g/mol. The highest BCUT2D eigenvalue weighted by Crippen LogP contribution is 2.29. The van der Waals surface area contributed by atoms with Gasteiger partial charge in [-0.15, -0.1) is 0 Å². The Morgan fingerprint density at radius 2 is 1.95 bits per heavy atom. The summed E-state index contributed by atoms with van der Waals surface area (Å²) < 4.78 is 26.3. The monoisotopic (exact) mass is 305 g/mol. The van der Waals surface area contributed by atoms with Crippen LogP contribution in [0.15, 0.2) is 12.1 Å². The van der Waals surface area contributed by atoms with Gasteiger partial charge in [-0.05, 0) is 30.5 Å². The van der Waals surface area contributed by atoms with Crippen LogP contribution in [-0.2, 0) is 6.42 Å². The van der Waals surface area contributed by atoms with Gasteiger partial charge in [-0.25, -0.2) is 13.6 Å². The van der Waals surface area contributed by atoms with E-state index >= 15 is 0 Å². The Bertz CT molecular complexity index is 507. The van der Waals surface area contributed by atoms with Gasteiger partial charge in [0.25, 0.3) is 0 Å². The molecule has 1 heterocycles. The second-order valence-electron chi connectivity index (χ2n) is 5.04. The Hall–Kier alpha value is -1.40. The molecule has 20 heavy (non-hydrogen) atoms. The fourth-order valence-electron chi connectivity index (χ4n) is 2.38. The molecule has 1 fully saturated rings. The number of rotatable bonds is 2. The number of nitrogens with zero attached hydrogens (tertiary/aromatic N) is 1. The quantitative estimate of drug-likeness (QED) is 0.826. The highest BCUT2D eigenvalue weighted by molar-refractivity contribution is 6.30. The Labute approximate surface area is 119 Å². The normalized spacial score (nSPS) is 18.1. The molecule has 0 atom stereocenters. The van der Waals surface area contributed by atoms with E-state index in [0.29, 0.717) is 5.56 Å². The van der Waals surface area contributed by atoms with E-state index in [2.05, 4.69) is 0 Å². The molecule has 0 aromatic heterocycles. The van der Waals surface area contributed by atoms with Crippen LogP contribution in [-0.4, -0.2) is 39.9 Å². The van der Waals surface area contributed by atoms with E-state index in [0.717, 1.165) is 6.07 Å². The zero-order chi connectivity index (χ0) is 14.9. The summed E-state index contributed by atoms with van der Waals surface area (Å²) in [5.41, 5.74) is -0.736. The number of benzene rings is 1. The van der Waals surface area contributed by atoms with Crippen molar-refractivity contribution in [1.82, 2.24) is 4.90 Å². The third-order valence-electron chi connectivity index (χ3n) is 3.54. The fourth-order valence-corrected chi connectivity index (χ4v) is 2.61. The van der Waals surface area contributed by atoms with Crippen molar-refractivity contribution in [3.63, 3.8) is 0 Å². The molecule has 1 amide bonds. The topological polar surface area (TPSA) is 60.8 Å². The SMILES string of the molecule is O=C(O)N1CCC(O)(Cc2cc(F)c(F)c(Cl)c2)CC1. The van der Waals surface area contributed by atoms with E-state index in [1.165, 1.54) is 11.0 Å². The number of amides is 1. The first-order chi connectivity index (χ1) is 9.31. The molecule has 1 aromatic rings. The first-order valence-electron chi connectivity index (χ1n) is 6.14. The molecule has 0 aliphatic carbocycles. The van der Waals surface area contributed by atoms with E-state index in [1.54, 1.807) is 0 Å². The summed E-state index contributed by atoms with van der Waals surface area (Å²) in [4.78, 5) is 12.0. The van der Waals surface area contributed by atoms with E-state index < -0.39 is 23.3 Å².